The van der Waals surface area contributed by atoms with E-state index in [4.69, 9.17) is 21.4 Å². The number of benzene rings is 2. The fraction of sp³-hybridized carbons (Fsp3) is 0.133. The van der Waals surface area contributed by atoms with Gasteiger partial charge in [0.15, 0.2) is 0 Å². The Morgan fingerprint density at radius 2 is 1.88 bits per heavy atom. The number of methoxy groups -OCH3 is 1. The largest absolute Gasteiger partial charge is 0.495 e. The summed E-state index contributed by atoms with van der Waals surface area (Å²) in [5, 5.41) is 20.0. The van der Waals surface area contributed by atoms with E-state index in [1.165, 1.54) is 25.3 Å². The van der Waals surface area contributed by atoms with E-state index in [1.807, 2.05) is 0 Å². The Morgan fingerprint density at radius 1 is 1.27 bits per heavy atom. The quantitative estimate of drug-likeness (QED) is 0.558. The monoisotopic (exact) mass is 400 g/mol. The molecule has 0 aliphatic carbocycles. The second-order valence-corrected chi connectivity index (χ2v) is 7.27. The molecule has 138 valence electrons. The lowest BCUT2D eigenvalue weighted by Crippen LogP contribution is -2.36. The van der Waals surface area contributed by atoms with Gasteiger partial charge in [-0.25, -0.2) is 8.42 Å². The number of aliphatic carboxylic acids is 1. The molecule has 0 atom stereocenters. The lowest BCUT2D eigenvalue weighted by atomic mass is 10.3. The van der Waals surface area contributed by atoms with Crippen LogP contribution < -0.4 is 9.04 Å². The van der Waals surface area contributed by atoms with Gasteiger partial charge in [0, 0.05) is 17.2 Å². The first kappa shape index (κ1) is 19.5. The number of carboxylic acid groups (broad SMARTS) is 1. The van der Waals surface area contributed by atoms with Crippen LogP contribution in [0.5, 0.6) is 5.75 Å². The van der Waals surface area contributed by atoms with Crippen molar-refractivity contribution < 1.29 is 28.0 Å². The van der Waals surface area contributed by atoms with Gasteiger partial charge in [-0.05, 0) is 30.3 Å². The van der Waals surface area contributed by atoms with Crippen molar-refractivity contribution in [2.24, 2.45) is 0 Å². The minimum atomic E-state index is -4.35. The molecule has 2 aromatic carbocycles. The van der Waals surface area contributed by atoms with Crippen LogP contribution in [-0.2, 0) is 14.8 Å². The van der Waals surface area contributed by atoms with Crippen LogP contribution in [-0.4, -0.2) is 38.1 Å². The van der Waals surface area contributed by atoms with Crippen molar-refractivity contribution in [3.05, 3.63) is 57.6 Å². The number of nitro groups is 1. The van der Waals surface area contributed by atoms with Crippen molar-refractivity contribution in [3.63, 3.8) is 0 Å². The third-order valence-electron chi connectivity index (χ3n) is 3.32. The zero-order valence-corrected chi connectivity index (χ0v) is 14.9. The Labute approximate surface area is 153 Å². The van der Waals surface area contributed by atoms with Crippen LogP contribution in [0.1, 0.15) is 0 Å². The molecule has 0 radical (unpaired) electrons. The molecule has 0 unspecified atom stereocenters. The predicted molar refractivity (Wildman–Crippen MR) is 93.3 cm³/mol. The Morgan fingerprint density at radius 3 is 2.38 bits per heavy atom. The van der Waals surface area contributed by atoms with Gasteiger partial charge in [-0.1, -0.05) is 11.6 Å². The van der Waals surface area contributed by atoms with Gasteiger partial charge in [0.25, 0.3) is 15.7 Å². The summed E-state index contributed by atoms with van der Waals surface area (Å²) in [5.41, 5.74) is -0.366. The second kappa shape index (κ2) is 7.58. The summed E-state index contributed by atoms with van der Waals surface area (Å²) in [6.45, 7) is -0.893. The van der Waals surface area contributed by atoms with Crippen LogP contribution in [0.25, 0.3) is 0 Å². The summed E-state index contributed by atoms with van der Waals surface area (Å²) < 4.78 is 31.6. The second-order valence-electron chi connectivity index (χ2n) is 4.97. The van der Waals surface area contributed by atoms with Gasteiger partial charge in [-0.3, -0.25) is 19.2 Å². The fourth-order valence-electron chi connectivity index (χ4n) is 2.15. The molecule has 26 heavy (non-hydrogen) atoms. The number of hydrogen-bond acceptors (Lipinski definition) is 6. The molecule has 0 aliphatic heterocycles. The number of nitrogens with zero attached hydrogens (tertiary/aromatic N) is 2. The van der Waals surface area contributed by atoms with Crippen molar-refractivity contribution >= 4 is 39.0 Å². The van der Waals surface area contributed by atoms with Gasteiger partial charge in [0.1, 0.15) is 12.3 Å². The molecule has 0 amide bonds. The first-order valence-electron chi connectivity index (χ1n) is 6.99. The number of non-ortho nitro benzene ring substituents is 1. The number of anilines is 1. The van der Waals surface area contributed by atoms with Crippen LogP contribution in [0.4, 0.5) is 11.4 Å². The highest BCUT2D eigenvalue weighted by Crippen LogP contribution is 2.35. The van der Waals surface area contributed by atoms with Gasteiger partial charge in [-0.2, -0.15) is 0 Å². The molecule has 1 N–H and O–H groups in total. The summed E-state index contributed by atoms with van der Waals surface area (Å²) >= 11 is 5.91. The van der Waals surface area contributed by atoms with E-state index < -0.39 is 27.5 Å². The van der Waals surface area contributed by atoms with E-state index in [1.54, 1.807) is 0 Å². The summed E-state index contributed by atoms with van der Waals surface area (Å²) in [6, 6.07) is 8.20. The van der Waals surface area contributed by atoms with E-state index in [0.717, 1.165) is 24.3 Å². The highest BCUT2D eigenvalue weighted by atomic mass is 35.5. The molecular weight excluding hydrogens is 388 g/mol. The number of hydrogen-bond donors (Lipinski definition) is 1. The Kier molecular flexibility index (Phi) is 5.68. The molecule has 0 bridgehead atoms. The van der Waals surface area contributed by atoms with Crippen LogP contribution in [0, 0.1) is 10.1 Å². The molecule has 0 spiro atoms. The molecule has 0 aliphatic rings. The van der Waals surface area contributed by atoms with Crippen molar-refractivity contribution in [1.82, 2.24) is 0 Å². The van der Waals surface area contributed by atoms with Gasteiger partial charge < -0.3 is 9.84 Å². The predicted octanol–water partition coefficient (Wildman–Crippen LogP) is 2.54. The van der Waals surface area contributed by atoms with Gasteiger partial charge in [-0.15, -0.1) is 0 Å². The molecule has 2 aromatic rings. The number of ether oxygens (including phenoxy) is 1. The fourth-order valence-corrected chi connectivity index (χ4v) is 3.73. The van der Waals surface area contributed by atoms with E-state index in [2.05, 4.69) is 0 Å². The van der Waals surface area contributed by atoms with Crippen LogP contribution in [0.2, 0.25) is 5.02 Å². The topological polar surface area (TPSA) is 127 Å². The number of carboxylic acids is 1. The summed E-state index contributed by atoms with van der Waals surface area (Å²) in [6.07, 6.45) is 0. The Bertz CT molecular complexity index is 945. The molecule has 11 heteroatoms. The van der Waals surface area contributed by atoms with Crippen LogP contribution >= 0.6 is 11.6 Å². The van der Waals surface area contributed by atoms with Crippen LogP contribution in [0.3, 0.4) is 0 Å². The summed E-state index contributed by atoms with van der Waals surface area (Å²) in [7, 11) is -3.05. The first-order valence-corrected chi connectivity index (χ1v) is 8.81. The normalized spacial score (nSPS) is 11.0. The Balaban J connectivity index is 2.60. The highest BCUT2D eigenvalue weighted by Gasteiger charge is 2.30. The van der Waals surface area contributed by atoms with Crippen molar-refractivity contribution in [2.45, 2.75) is 4.90 Å². The molecule has 0 saturated heterocycles. The number of carbonyl (C=O) groups is 1. The molecule has 0 heterocycles. The lowest BCUT2D eigenvalue weighted by molar-refractivity contribution is -0.384. The average molecular weight is 401 g/mol. The number of halogens is 1. The minimum absolute atomic E-state index is 0.0687. The molecule has 0 fully saturated rings. The zero-order valence-electron chi connectivity index (χ0n) is 13.3. The maximum absolute atomic E-state index is 12.9. The zero-order chi connectivity index (χ0) is 19.5. The molecular formula is C15H13ClN2O7S. The summed E-state index contributed by atoms with van der Waals surface area (Å²) in [5.74, 6) is -1.31. The lowest BCUT2D eigenvalue weighted by Gasteiger charge is -2.24. The van der Waals surface area contributed by atoms with Gasteiger partial charge >= 0.3 is 5.97 Å². The number of nitro benzene ring substituents is 1. The summed E-state index contributed by atoms with van der Waals surface area (Å²) in [4.78, 5) is 21.0. The van der Waals surface area contributed by atoms with Crippen LogP contribution in [0.15, 0.2) is 47.4 Å². The van der Waals surface area contributed by atoms with E-state index in [-0.39, 0.29) is 27.0 Å². The third-order valence-corrected chi connectivity index (χ3v) is 5.33. The maximum Gasteiger partial charge on any atom is 0.324 e. The molecule has 0 saturated carbocycles. The standard InChI is InChI=1S/C15H13ClN2O7S/c1-25-14-7-2-10(16)8-13(14)17(9-15(19)20)26(23,24)12-5-3-11(4-6-12)18(21)22/h2-8H,9H2,1H3,(H,19,20). The molecule has 9 nitrogen and oxygen atoms in total. The molecule has 0 aromatic heterocycles. The minimum Gasteiger partial charge on any atom is -0.495 e. The highest BCUT2D eigenvalue weighted by molar-refractivity contribution is 7.92. The number of sulfonamides is 1. The van der Waals surface area contributed by atoms with E-state index in [0.29, 0.717) is 4.31 Å². The number of rotatable bonds is 7. The average Bonchev–Trinajstić information content (AvgIpc) is 2.59. The maximum atomic E-state index is 12.9. The van der Waals surface area contributed by atoms with Crippen molar-refractivity contribution in [3.8, 4) is 5.75 Å². The van der Waals surface area contributed by atoms with Gasteiger partial charge in [0.05, 0.1) is 22.6 Å². The Hall–Kier alpha value is -2.85. The third kappa shape index (κ3) is 4.03. The van der Waals surface area contributed by atoms with Gasteiger partial charge in [0.2, 0.25) is 0 Å². The van der Waals surface area contributed by atoms with E-state index in [9.17, 15) is 23.3 Å². The first-order chi connectivity index (χ1) is 12.2. The molecule has 2 rings (SSSR count). The van der Waals surface area contributed by atoms with E-state index >= 15 is 0 Å². The van der Waals surface area contributed by atoms with Crippen molar-refractivity contribution in [1.29, 1.82) is 0 Å². The van der Waals surface area contributed by atoms with Crippen molar-refractivity contribution in [2.75, 3.05) is 18.0 Å². The smallest absolute Gasteiger partial charge is 0.324 e. The SMILES string of the molecule is COc1ccc(Cl)cc1N(CC(=O)O)S(=O)(=O)c1ccc([N+](=O)[O-])cc1.